The fourth-order valence-electron chi connectivity index (χ4n) is 2.87. The highest BCUT2D eigenvalue weighted by Gasteiger charge is 2.25. The van der Waals surface area contributed by atoms with Gasteiger partial charge < -0.3 is 14.4 Å². The van der Waals surface area contributed by atoms with Crippen molar-refractivity contribution in [1.82, 2.24) is 0 Å². The predicted octanol–water partition coefficient (Wildman–Crippen LogP) is 2.41. The maximum Gasteiger partial charge on any atom is 0.339 e. The maximum absolute atomic E-state index is 12.8. The number of carbonyl (C=O) groups is 2. The monoisotopic (exact) mass is 450 g/mol. The summed E-state index contributed by atoms with van der Waals surface area (Å²) in [6.07, 6.45) is 0.996. The molecule has 0 bridgehead atoms. The van der Waals surface area contributed by atoms with Crippen LogP contribution in [0.5, 0.6) is 5.75 Å². The van der Waals surface area contributed by atoms with Crippen molar-refractivity contribution in [3.8, 4) is 5.75 Å². The van der Waals surface area contributed by atoms with Crippen LogP contribution in [0.3, 0.4) is 0 Å². The van der Waals surface area contributed by atoms with Crippen LogP contribution >= 0.6 is 0 Å². The van der Waals surface area contributed by atoms with E-state index in [0.29, 0.717) is 0 Å². The van der Waals surface area contributed by atoms with Crippen LogP contribution in [-0.4, -0.2) is 45.2 Å². The van der Waals surface area contributed by atoms with Gasteiger partial charge in [0, 0.05) is 17.0 Å². The van der Waals surface area contributed by atoms with Crippen molar-refractivity contribution in [3.63, 3.8) is 0 Å². The van der Waals surface area contributed by atoms with Crippen molar-refractivity contribution in [2.75, 3.05) is 6.26 Å². The van der Waals surface area contributed by atoms with E-state index in [1.165, 1.54) is 24.3 Å². The summed E-state index contributed by atoms with van der Waals surface area (Å²) in [7, 11) is -7.99. The third-order valence-corrected chi connectivity index (χ3v) is 6.62. The third-order valence-electron chi connectivity index (χ3n) is 4.19. The van der Waals surface area contributed by atoms with Crippen molar-refractivity contribution in [2.45, 2.75) is 9.79 Å². The summed E-state index contributed by atoms with van der Waals surface area (Å²) < 4.78 is 53.7. The van der Waals surface area contributed by atoms with Gasteiger partial charge in [-0.15, -0.1) is 0 Å². The lowest BCUT2D eigenvalue weighted by Gasteiger charge is -2.13. The molecule has 0 unspecified atom stereocenters. The number of sulfone groups is 1. The van der Waals surface area contributed by atoms with Crippen LogP contribution in [0.2, 0.25) is 0 Å². The molecule has 0 aliphatic heterocycles. The molecule has 3 rings (SSSR count). The lowest BCUT2D eigenvalue weighted by molar-refractivity contribution is 0.0695. The summed E-state index contributed by atoms with van der Waals surface area (Å²) in [5, 5.41) is 18.4. The number of aromatic carboxylic acids is 2. The second-order valence-electron chi connectivity index (χ2n) is 6.23. The van der Waals surface area contributed by atoms with Gasteiger partial charge in [-0.05, 0) is 42.5 Å². The van der Waals surface area contributed by atoms with Gasteiger partial charge in [0.15, 0.2) is 9.84 Å². The average Bonchev–Trinajstić information content (AvgIpc) is 2.65. The first-order valence-electron chi connectivity index (χ1n) is 8.19. The van der Waals surface area contributed by atoms with E-state index in [9.17, 15) is 36.6 Å². The zero-order chi connectivity index (χ0) is 22.3. The topological polar surface area (TPSA) is 152 Å². The predicted molar refractivity (Wildman–Crippen MR) is 105 cm³/mol. The van der Waals surface area contributed by atoms with Gasteiger partial charge in [-0.3, -0.25) is 0 Å². The first kappa shape index (κ1) is 21.3. The van der Waals surface area contributed by atoms with E-state index in [1.54, 1.807) is 0 Å². The van der Waals surface area contributed by atoms with E-state index in [1.807, 2.05) is 0 Å². The summed E-state index contributed by atoms with van der Waals surface area (Å²) in [5.41, 5.74) is -0.751. The summed E-state index contributed by atoms with van der Waals surface area (Å²) in [5.74, 6) is -3.02. The van der Waals surface area contributed by atoms with Crippen LogP contribution in [0.4, 0.5) is 0 Å². The van der Waals surface area contributed by atoms with Gasteiger partial charge in [-0.2, -0.15) is 8.42 Å². The molecule has 9 nitrogen and oxygen atoms in total. The van der Waals surface area contributed by atoms with E-state index in [4.69, 9.17) is 4.18 Å². The van der Waals surface area contributed by atoms with Crippen molar-refractivity contribution in [2.24, 2.45) is 0 Å². The van der Waals surface area contributed by atoms with Crippen LogP contribution in [0.25, 0.3) is 10.8 Å². The Morgan fingerprint density at radius 2 is 1.37 bits per heavy atom. The minimum Gasteiger partial charge on any atom is -0.478 e. The normalized spacial score (nSPS) is 11.9. The molecule has 0 saturated heterocycles. The highest BCUT2D eigenvalue weighted by atomic mass is 32.2. The van der Waals surface area contributed by atoms with Crippen LogP contribution in [0.1, 0.15) is 20.7 Å². The minimum absolute atomic E-state index is 0.0328. The summed E-state index contributed by atoms with van der Waals surface area (Å²) in [6, 6.07) is 10.4. The van der Waals surface area contributed by atoms with Crippen molar-refractivity contribution < 1.29 is 40.8 Å². The molecule has 0 aliphatic rings. The van der Waals surface area contributed by atoms with Gasteiger partial charge >= 0.3 is 22.1 Å². The fourth-order valence-corrected chi connectivity index (χ4v) is 4.63. The van der Waals surface area contributed by atoms with E-state index < -0.39 is 36.8 Å². The maximum atomic E-state index is 12.8. The molecule has 0 aliphatic carbocycles. The van der Waals surface area contributed by atoms with Gasteiger partial charge in [0.25, 0.3) is 0 Å². The highest BCUT2D eigenvalue weighted by Crippen LogP contribution is 2.31. The zero-order valence-corrected chi connectivity index (χ0v) is 16.9. The number of hydrogen-bond acceptors (Lipinski definition) is 7. The van der Waals surface area contributed by atoms with Gasteiger partial charge in [-0.25, -0.2) is 18.0 Å². The first-order chi connectivity index (χ1) is 13.9. The van der Waals surface area contributed by atoms with Crippen LogP contribution < -0.4 is 4.18 Å². The first-order valence-corrected chi connectivity index (χ1v) is 11.5. The quantitative estimate of drug-likeness (QED) is 0.539. The molecule has 0 spiro atoms. The standard InChI is InChI=1S/C19H14O9S2/c1-29(24,25)12-7-5-11(6-8-12)28-30(26,27)16-10-9-15(19(22)23)17-13(16)3-2-4-14(17)18(20)21/h2-10H,1H3,(H,20,21)(H,22,23). The molecule has 3 aromatic rings. The van der Waals surface area contributed by atoms with Crippen LogP contribution in [-0.2, 0) is 20.0 Å². The Balaban J connectivity index is 2.16. The lowest BCUT2D eigenvalue weighted by atomic mass is 9.99. The van der Waals surface area contributed by atoms with Crippen LogP contribution in [0.15, 0.2) is 64.4 Å². The molecule has 0 atom stereocenters. The van der Waals surface area contributed by atoms with E-state index in [-0.39, 0.29) is 32.5 Å². The van der Waals surface area contributed by atoms with E-state index in [0.717, 1.165) is 36.6 Å². The lowest BCUT2D eigenvalue weighted by Crippen LogP contribution is -2.12. The van der Waals surface area contributed by atoms with Crippen molar-refractivity contribution >= 4 is 42.7 Å². The number of carboxylic acid groups (broad SMARTS) is 2. The molecular formula is C19H14O9S2. The molecule has 0 radical (unpaired) electrons. The fraction of sp³-hybridized carbons (Fsp3) is 0.0526. The van der Waals surface area contributed by atoms with E-state index in [2.05, 4.69) is 0 Å². The molecular weight excluding hydrogens is 436 g/mol. The Bertz CT molecular complexity index is 1370. The molecule has 3 aromatic carbocycles. The summed E-state index contributed by atoms with van der Waals surface area (Å²) >= 11 is 0. The van der Waals surface area contributed by atoms with Crippen molar-refractivity contribution in [1.29, 1.82) is 0 Å². The molecule has 0 amide bonds. The molecule has 0 fully saturated rings. The molecule has 0 aromatic heterocycles. The smallest absolute Gasteiger partial charge is 0.339 e. The van der Waals surface area contributed by atoms with Gasteiger partial charge in [0.2, 0.25) is 0 Å². The SMILES string of the molecule is CS(=O)(=O)c1ccc(OS(=O)(=O)c2ccc(C(=O)O)c3c(C(=O)O)cccc23)cc1. The molecule has 30 heavy (non-hydrogen) atoms. The van der Waals surface area contributed by atoms with Crippen LogP contribution in [0, 0.1) is 0 Å². The van der Waals surface area contributed by atoms with E-state index >= 15 is 0 Å². The largest absolute Gasteiger partial charge is 0.478 e. The third kappa shape index (κ3) is 3.98. The molecule has 2 N–H and O–H groups in total. The number of carboxylic acids is 2. The summed E-state index contributed by atoms with van der Waals surface area (Å²) in [4.78, 5) is 22.6. The van der Waals surface area contributed by atoms with Gasteiger partial charge in [0.05, 0.1) is 16.0 Å². The highest BCUT2D eigenvalue weighted by molar-refractivity contribution is 7.90. The van der Waals surface area contributed by atoms with Gasteiger partial charge in [-0.1, -0.05) is 12.1 Å². The van der Waals surface area contributed by atoms with Gasteiger partial charge in [0.1, 0.15) is 10.6 Å². The Hall–Kier alpha value is -3.44. The molecule has 0 saturated carbocycles. The Kier molecular flexibility index (Phi) is 5.27. The number of fused-ring (bicyclic) bond motifs is 1. The second-order valence-corrected chi connectivity index (χ2v) is 9.76. The molecule has 11 heteroatoms. The zero-order valence-electron chi connectivity index (χ0n) is 15.3. The Morgan fingerprint density at radius 3 is 1.90 bits per heavy atom. The average molecular weight is 450 g/mol. The number of benzene rings is 3. The molecule has 0 heterocycles. The minimum atomic E-state index is -4.51. The number of hydrogen-bond donors (Lipinski definition) is 2. The molecule has 156 valence electrons. The second kappa shape index (κ2) is 7.43. The number of rotatable bonds is 6. The summed E-state index contributed by atoms with van der Waals surface area (Å²) in [6.45, 7) is 0. The van der Waals surface area contributed by atoms with Crippen molar-refractivity contribution in [3.05, 3.63) is 65.7 Å². The Labute approximate surface area is 171 Å². The Morgan fingerprint density at radius 1 is 0.800 bits per heavy atom.